The molecule has 0 spiro atoms. The van der Waals surface area contributed by atoms with Crippen LogP contribution in [0.5, 0.6) is 0 Å². The lowest BCUT2D eigenvalue weighted by Gasteiger charge is -2.29. The van der Waals surface area contributed by atoms with E-state index in [0.29, 0.717) is 12.1 Å². The van der Waals surface area contributed by atoms with Crippen molar-refractivity contribution < 1.29 is 18.0 Å². The van der Waals surface area contributed by atoms with Crippen molar-refractivity contribution in [2.45, 2.75) is 19.0 Å². The molecule has 0 aliphatic carbocycles. The fourth-order valence-corrected chi connectivity index (χ4v) is 3.07. The van der Waals surface area contributed by atoms with Crippen LogP contribution in [0.1, 0.15) is 28.0 Å². The molecule has 0 amide bonds. The Balaban J connectivity index is 2.25. The van der Waals surface area contributed by atoms with E-state index in [0.717, 1.165) is 35.1 Å². The Labute approximate surface area is 135 Å². The molecule has 0 saturated heterocycles. The maximum Gasteiger partial charge on any atom is 0.434 e. The normalized spacial score (nSPS) is 14.7. The van der Waals surface area contributed by atoms with Gasteiger partial charge in [0.15, 0.2) is 5.69 Å². The smallest absolute Gasteiger partial charge is 0.374 e. The zero-order valence-corrected chi connectivity index (χ0v) is 12.9. The van der Waals surface area contributed by atoms with Gasteiger partial charge in [-0.25, -0.2) is 4.68 Å². The molecule has 3 rings (SSSR count). The first-order valence-corrected chi connectivity index (χ1v) is 7.37. The highest BCUT2D eigenvalue weighted by Crippen LogP contribution is 2.37. The monoisotopic (exact) mass is 343 g/mol. The maximum absolute atomic E-state index is 13.4. The molecule has 2 aromatic rings. The summed E-state index contributed by atoms with van der Waals surface area (Å²) >= 11 is 5.28. The highest BCUT2D eigenvalue weighted by atomic mass is 35.5. The summed E-state index contributed by atoms with van der Waals surface area (Å²) in [7, 11) is 1.89. The minimum atomic E-state index is -4.74. The third-order valence-corrected chi connectivity index (χ3v) is 4.14. The SMILES string of the molecule is CN1CCCc2c1cccc2-n1ncc(C(=O)Cl)c1C(F)(F)F. The molecule has 1 aromatic heterocycles. The molecule has 0 bridgehead atoms. The van der Waals surface area contributed by atoms with Crippen molar-refractivity contribution >= 4 is 22.5 Å². The number of hydrogen-bond acceptors (Lipinski definition) is 3. The topological polar surface area (TPSA) is 38.1 Å². The van der Waals surface area contributed by atoms with Gasteiger partial charge in [0, 0.05) is 24.8 Å². The molecule has 1 aliphatic heterocycles. The summed E-state index contributed by atoms with van der Waals surface area (Å²) in [6, 6.07) is 5.12. The standard InChI is InChI=1S/C15H13ClF3N3O/c1-21-7-3-4-9-11(21)5-2-6-12(9)22-13(15(17,18)19)10(8-20-22)14(16)23/h2,5-6,8H,3-4,7H2,1H3. The van der Waals surface area contributed by atoms with Crippen LogP contribution < -0.4 is 4.90 Å². The van der Waals surface area contributed by atoms with Crippen molar-refractivity contribution in [2.75, 3.05) is 18.5 Å². The Bertz CT molecular complexity index is 770. The third kappa shape index (κ3) is 2.69. The average molecular weight is 344 g/mol. The summed E-state index contributed by atoms with van der Waals surface area (Å²) < 4.78 is 41.0. The van der Waals surface area contributed by atoms with Gasteiger partial charge in [0.1, 0.15) is 0 Å². The van der Waals surface area contributed by atoms with E-state index in [1.807, 2.05) is 18.0 Å². The highest BCUT2D eigenvalue weighted by molar-refractivity contribution is 6.67. The average Bonchev–Trinajstić information content (AvgIpc) is 2.92. The Hall–Kier alpha value is -2.02. The van der Waals surface area contributed by atoms with Crippen molar-refractivity contribution in [2.24, 2.45) is 0 Å². The van der Waals surface area contributed by atoms with Crippen molar-refractivity contribution in [1.82, 2.24) is 9.78 Å². The van der Waals surface area contributed by atoms with E-state index in [-0.39, 0.29) is 0 Å². The van der Waals surface area contributed by atoms with Gasteiger partial charge < -0.3 is 4.90 Å². The predicted octanol–water partition coefficient (Wildman–Crippen LogP) is 3.65. The van der Waals surface area contributed by atoms with Gasteiger partial charge in [-0.3, -0.25) is 4.79 Å². The second-order valence-corrected chi connectivity index (χ2v) is 5.73. The molecular formula is C15H13ClF3N3O. The molecule has 0 atom stereocenters. The number of nitrogens with zero attached hydrogens (tertiary/aromatic N) is 3. The number of anilines is 1. The number of halogens is 4. The van der Waals surface area contributed by atoms with E-state index < -0.39 is 22.7 Å². The predicted molar refractivity (Wildman–Crippen MR) is 80.3 cm³/mol. The van der Waals surface area contributed by atoms with E-state index in [2.05, 4.69) is 5.10 Å². The first kappa shape index (κ1) is 15.9. The fraction of sp³-hybridized carbons (Fsp3) is 0.333. The summed E-state index contributed by atoms with van der Waals surface area (Å²) in [5.74, 6) is 0. The Morgan fingerprint density at radius 2 is 2.00 bits per heavy atom. The fourth-order valence-electron chi connectivity index (χ4n) is 2.94. The lowest BCUT2D eigenvalue weighted by atomic mass is 10.00. The molecule has 0 N–H and O–H groups in total. The van der Waals surface area contributed by atoms with Crippen LogP contribution in [0, 0.1) is 0 Å². The second-order valence-electron chi connectivity index (χ2n) is 5.39. The molecule has 1 aliphatic rings. The van der Waals surface area contributed by atoms with Gasteiger partial charge in [-0.2, -0.15) is 18.3 Å². The number of benzene rings is 1. The van der Waals surface area contributed by atoms with E-state index in [1.165, 1.54) is 0 Å². The van der Waals surface area contributed by atoms with Gasteiger partial charge in [-0.15, -0.1) is 0 Å². The van der Waals surface area contributed by atoms with Gasteiger partial charge in [-0.1, -0.05) is 6.07 Å². The number of carbonyl (C=O) groups is 1. The van der Waals surface area contributed by atoms with Crippen molar-refractivity contribution in [3.63, 3.8) is 0 Å². The second kappa shape index (κ2) is 5.56. The number of aromatic nitrogens is 2. The van der Waals surface area contributed by atoms with Crippen LogP contribution in [-0.2, 0) is 12.6 Å². The number of fused-ring (bicyclic) bond motifs is 1. The molecule has 122 valence electrons. The van der Waals surface area contributed by atoms with Crippen LogP contribution in [0.3, 0.4) is 0 Å². The van der Waals surface area contributed by atoms with E-state index in [1.54, 1.807) is 12.1 Å². The lowest BCUT2D eigenvalue weighted by molar-refractivity contribution is -0.143. The van der Waals surface area contributed by atoms with Crippen LogP contribution in [-0.4, -0.2) is 28.6 Å². The number of hydrogen-bond donors (Lipinski definition) is 0. The van der Waals surface area contributed by atoms with Gasteiger partial charge in [0.05, 0.1) is 17.4 Å². The quantitative estimate of drug-likeness (QED) is 0.781. The highest BCUT2D eigenvalue weighted by Gasteiger charge is 2.40. The minimum absolute atomic E-state index is 0.325. The molecule has 4 nitrogen and oxygen atoms in total. The number of carbonyl (C=O) groups excluding carboxylic acids is 1. The molecule has 0 fully saturated rings. The zero-order chi connectivity index (χ0) is 16.8. The van der Waals surface area contributed by atoms with Crippen molar-refractivity contribution in [1.29, 1.82) is 0 Å². The molecule has 1 aromatic carbocycles. The number of rotatable bonds is 2. The Morgan fingerprint density at radius 1 is 1.30 bits per heavy atom. The first-order valence-electron chi connectivity index (χ1n) is 6.99. The van der Waals surface area contributed by atoms with E-state index >= 15 is 0 Å². The Morgan fingerprint density at radius 3 is 2.65 bits per heavy atom. The number of alkyl halides is 3. The van der Waals surface area contributed by atoms with Crippen LogP contribution in [0.2, 0.25) is 0 Å². The van der Waals surface area contributed by atoms with Crippen LogP contribution in [0.25, 0.3) is 5.69 Å². The minimum Gasteiger partial charge on any atom is -0.374 e. The maximum atomic E-state index is 13.4. The van der Waals surface area contributed by atoms with Crippen molar-refractivity contribution in [3.05, 3.63) is 41.2 Å². The van der Waals surface area contributed by atoms with Gasteiger partial charge >= 0.3 is 6.18 Å². The largest absolute Gasteiger partial charge is 0.434 e. The van der Waals surface area contributed by atoms with E-state index in [9.17, 15) is 18.0 Å². The Kier molecular flexibility index (Phi) is 3.83. The van der Waals surface area contributed by atoms with Crippen LogP contribution in [0.4, 0.5) is 18.9 Å². The summed E-state index contributed by atoms with van der Waals surface area (Å²) in [6.45, 7) is 0.840. The van der Waals surface area contributed by atoms with Gasteiger partial charge in [0.25, 0.3) is 5.24 Å². The zero-order valence-electron chi connectivity index (χ0n) is 12.2. The molecule has 0 radical (unpaired) electrons. The molecule has 0 unspecified atom stereocenters. The van der Waals surface area contributed by atoms with Crippen LogP contribution >= 0.6 is 11.6 Å². The molecule has 23 heavy (non-hydrogen) atoms. The van der Waals surface area contributed by atoms with Crippen molar-refractivity contribution in [3.8, 4) is 5.69 Å². The molecule has 2 heterocycles. The molecule has 8 heteroatoms. The first-order chi connectivity index (χ1) is 10.8. The molecular weight excluding hydrogens is 331 g/mol. The van der Waals surface area contributed by atoms with E-state index in [4.69, 9.17) is 11.6 Å². The van der Waals surface area contributed by atoms with Crippen LogP contribution in [0.15, 0.2) is 24.4 Å². The van der Waals surface area contributed by atoms with Gasteiger partial charge in [0.2, 0.25) is 0 Å². The summed E-state index contributed by atoms with van der Waals surface area (Å²) in [5.41, 5.74) is 0.199. The summed E-state index contributed by atoms with van der Waals surface area (Å²) in [5, 5.41) is 2.60. The third-order valence-electron chi connectivity index (χ3n) is 3.94. The van der Waals surface area contributed by atoms with Gasteiger partial charge in [-0.05, 0) is 36.6 Å². The lowest BCUT2D eigenvalue weighted by Crippen LogP contribution is -2.26. The molecule has 0 saturated carbocycles. The summed E-state index contributed by atoms with van der Waals surface area (Å²) in [4.78, 5) is 13.3. The summed E-state index contributed by atoms with van der Waals surface area (Å²) in [6.07, 6.45) is -2.38.